The molecule has 0 radical (unpaired) electrons. The molecule has 1 aromatic rings. The number of benzene rings is 1. The Kier molecular flexibility index (Phi) is 4.51. The molecule has 1 fully saturated rings. The number of likely N-dealkylation sites (N-methyl/N-ethyl adjacent to an activating group) is 1. The Hall–Kier alpha value is -2.41. The summed E-state index contributed by atoms with van der Waals surface area (Å²) in [4.78, 5) is 38.6. The van der Waals surface area contributed by atoms with Crippen molar-refractivity contribution in [3.8, 4) is 0 Å². The normalized spacial score (nSPS) is 25.3. The first kappa shape index (κ1) is 17.4. The van der Waals surface area contributed by atoms with E-state index >= 15 is 0 Å². The third-order valence-corrected chi connectivity index (χ3v) is 5.23. The van der Waals surface area contributed by atoms with Crippen LogP contribution >= 0.6 is 0 Å². The van der Waals surface area contributed by atoms with Gasteiger partial charge in [0.15, 0.2) is 0 Å². The zero-order valence-corrected chi connectivity index (χ0v) is 14.8. The van der Waals surface area contributed by atoms with Crippen LogP contribution in [0.5, 0.6) is 0 Å². The van der Waals surface area contributed by atoms with Crippen LogP contribution in [0.2, 0.25) is 0 Å². The van der Waals surface area contributed by atoms with E-state index < -0.39 is 17.5 Å². The molecule has 1 saturated heterocycles. The van der Waals surface area contributed by atoms with Gasteiger partial charge in [-0.15, -0.1) is 0 Å². The number of aryl methyl sites for hydroxylation is 1. The predicted octanol–water partition coefficient (Wildman–Crippen LogP) is 1.36. The second kappa shape index (κ2) is 6.48. The number of fused-ring (bicyclic) bond motifs is 1. The molecule has 1 heterocycles. The molecule has 2 atom stereocenters. The molecule has 2 aliphatic rings. The van der Waals surface area contributed by atoms with E-state index in [1.165, 1.54) is 11.1 Å². The number of carbonyl (C=O) groups is 3. The minimum absolute atomic E-state index is 0.110. The molecule has 25 heavy (non-hydrogen) atoms. The summed E-state index contributed by atoms with van der Waals surface area (Å²) in [6.07, 6.45) is 2.41. The van der Waals surface area contributed by atoms with E-state index in [0.29, 0.717) is 6.42 Å². The third-order valence-electron chi connectivity index (χ3n) is 5.23. The highest BCUT2D eigenvalue weighted by Gasteiger charge is 2.47. The highest BCUT2D eigenvalue weighted by Crippen LogP contribution is 2.34. The van der Waals surface area contributed by atoms with Crippen LogP contribution in [-0.2, 0) is 16.0 Å². The molecule has 134 valence electrons. The number of hydrogen-bond donors (Lipinski definition) is 2. The maximum Gasteiger partial charge on any atom is 0.344 e. The molecule has 0 aromatic heterocycles. The first-order valence-corrected chi connectivity index (χ1v) is 8.60. The first-order valence-electron chi connectivity index (χ1n) is 8.60. The van der Waals surface area contributed by atoms with Crippen molar-refractivity contribution in [1.29, 1.82) is 0 Å². The Bertz CT molecular complexity index is 720. The zero-order valence-electron chi connectivity index (χ0n) is 14.8. The minimum atomic E-state index is -0.958. The van der Waals surface area contributed by atoms with Crippen LogP contribution < -0.4 is 10.7 Å². The predicted molar refractivity (Wildman–Crippen MR) is 92.4 cm³/mol. The molecule has 7 heteroatoms. The molecular weight excluding hydrogens is 320 g/mol. The first-order chi connectivity index (χ1) is 11.9. The lowest BCUT2D eigenvalue weighted by molar-refractivity contribution is -0.139. The molecule has 0 bridgehead atoms. The van der Waals surface area contributed by atoms with Crippen LogP contribution in [0.15, 0.2) is 24.3 Å². The molecule has 1 aliphatic heterocycles. The minimum Gasteiger partial charge on any atom is -0.322 e. The Balaban J connectivity index is 1.62. The molecule has 1 aliphatic carbocycles. The number of nitrogens with zero attached hydrogens (tertiary/aromatic N) is 2. The van der Waals surface area contributed by atoms with Crippen molar-refractivity contribution in [3.05, 3.63) is 35.4 Å². The lowest BCUT2D eigenvalue weighted by Crippen LogP contribution is -2.51. The molecule has 3 rings (SSSR count). The van der Waals surface area contributed by atoms with Crippen molar-refractivity contribution in [2.75, 3.05) is 13.6 Å². The summed E-state index contributed by atoms with van der Waals surface area (Å²) >= 11 is 0. The van der Waals surface area contributed by atoms with Crippen molar-refractivity contribution in [2.45, 2.75) is 44.7 Å². The molecular formula is C18H24N4O3. The van der Waals surface area contributed by atoms with Crippen LogP contribution in [0.25, 0.3) is 0 Å². The number of imide groups is 1. The number of amides is 4. The van der Waals surface area contributed by atoms with Gasteiger partial charge in [0, 0.05) is 6.04 Å². The Morgan fingerprint density at radius 1 is 1.40 bits per heavy atom. The maximum absolute atomic E-state index is 12.3. The average molecular weight is 344 g/mol. The van der Waals surface area contributed by atoms with Gasteiger partial charge in [-0.05, 0) is 44.4 Å². The standard InChI is InChI=1S/C18H24N4O3/c1-4-18(2)16(24)22(17(25)19-18)20-15(23)11-21(3)14-10-9-12-7-5-6-8-13(12)14/h5-8,14H,4,9-11H2,1-3H3,(H,19,25)(H,20,23)/t14-,18+/m0/s1. The fourth-order valence-electron chi connectivity index (χ4n) is 3.51. The number of hydrazine groups is 1. The van der Waals surface area contributed by atoms with E-state index in [9.17, 15) is 14.4 Å². The molecule has 2 N–H and O–H groups in total. The summed E-state index contributed by atoms with van der Waals surface area (Å²) in [5, 5.41) is 3.41. The van der Waals surface area contributed by atoms with Crippen LogP contribution in [0.1, 0.15) is 43.9 Å². The van der Waals surface area contributed by atoms with Crippen molar-refractivity contribution < 1.29 is 14.4 Å². The van der Waals surface area contributed by atoms with Crippen molar-refractivity contribution in [1.82, 2.24) is 20.7 Å². The van der Waals surface area contributed by atoms with Gasteiger partial charge < -0.3 is 5.32 Å². The monoisotopic (exact) mass is 344 g/mol. The fourth-order valence-corrected chi connectivity index (χ4v) is 3.51. The van der Waals surface area contributed by atoms with Crippen LogP contribution in [0, 0.1) is 0 Å². The van der Waals surface area contributed by atoms with Crippen LogP contribution in [0.4, 0.5) is 4.79 Å². The number of hydrogen-bond acceptors (Lipinski definition) is 4. The van der Waals surface area contributed by atoms with Crippen LogP contribution in [0.3, 0.4) is 0 Å². The van der Waals surface area contributed by atoms with Gasteiger partial charge >= 0.3 is 6.03 Å². The van der Waals surface area contributed by atoms with Gasteiger partial charge in [0.2, 0.25) is 0 Å². The van der Waals surface area contributed by atoms with E-state index in [2.05, 4.69) is 22.9 Å². The van der Waals surface area contributed by atoms with Gasteiger partial charge in [-0.1, -0.05) is 31.2 Å². The summed E-state index contributed by atoms with van der Waals surface area (Å²) in [6.45, 7) is 3.58. The Morgan fingerprint density at radius 2 is 2.12 bits per heavy atom. The average Bonchev–Trinajstić information content (AvgIpc) is 3.10. The number of rotatable bonds is 5. The van der Waals surface area contributed by atoms with E-state index in [-0.39, 0.29) is 18.5 Å². The number of urea groups is 1. The fraction of sp³-hybridized carbons (Fsp3) is 0.500. The van der Waals surface area contributed by atoms with Gasteiger partial charge in [0.05, 0.1) is 6.54 Å². The molecule has 7 nitrogen and oxygen atoms in total. The van der Waals surface area contributed by atoms with E-state index in [0.717, 1.165) is 17.9 Å². The molecule has 0 saturated carbocycles. The third kappa shape index (κ3) is 3.11. The largest absolute Gasteiger partial charge is 0.344 e. The summed E-state index contributed by atoms with van der Waals surface area (Å²) in [5.41, 5.74) is 4.03. The smallest absolute Gasteiger partial charge is 0.322 e. The summed E-state index contributed by atoms with van der Waals surface area (Å²) in [5.74, 6) is -0.807. The molecule has 0 spiro atoms. The van der Waals surface area contributed by atoms with Gasteiger partial charge in [0.1, 0.15) is 5.54 Å². The zero-order chi connectivity index (χ0) is 18.2. The van der Waals surface area contributed by atoms with Crippen molar-refractivity contribution in [3.63, 3.8) is 0 Å². The van der Waals surface area contributed by atoms with Crippen molar-refractivity contribution >= 4 is 17.8 Å². The van der Waals surface area contributed by atoms with E-state index in [4.69, 9.17) is 0 Å². The van der Waals surface area contributed by atoms with Gasteiger partial charge in [-0.2, -0.15) is 5.01 Å². The van der Waals surface area contributed by atoms with Crippen molar-refractivity contribution in [2.24, 2.45) is 0 Å². The SMILES string of the molecule is CC[C@@]1(C)NC(=O)N(NC(=O)CN(C)[C@H]2CCc3ccccc32)C1=O. The van der Waals surface area contributed by atoms with E-state index in [1.54, 1.807) is 6.92 Å². The number of nitrogens with one attached hydrogen (secondary N) is 2. The van der Waals surface area contributed by atoms with Gasteiger partial charge in [-0.3, -0.25) is 19.9 Å². The van der Waals surface area contributed by atoms with Crippen LogP contribution in [-0.4, -0.2) is 46.9 Å². The molecule has 4 amide bonds. The van der Waals surface area contributed by atoms with E-state index in [1.807, 2.05) is 31.0 Å². The number of carbonyl (C=O) groups excluding carboxylic acids is 3. The quantitative estimate of drug-likeness (QED) is 0.790. The van der Waals surface area contributed by atoms with Gasteiger partial charge in [0.25, 0.3) is 11.8 Å². The van der Waals surface area contributed by atoms with Gasteiger partial charge in [-0.25, -0.2) is 4.79 Å². The lowest BCUT2D eigenvalue weighted by atomic mass is 10.00. The molecule has 1 aromatic carbocycles. The summed E-state index contributed by atoms with van der Waals surface area (Å²) in [6, 6.07) is 7.82. The summed E-state index contributed by atoms with van der Waals surface area (Å²) in [7, 11) is 1.88. The maximum atomic E-state index is 12.3. The molecule has 0 unspecified atom stereocenters. The second-order valence-electron chi connectivity index (χ2n) is 6.96. The Morgan fingerprint density at radius 3 is 2.80 bits per heavy atom. The highest BCUT2D eigenvalue weighted by atomic mass is 16.2. The summed E-state index contributed by atoms with van der Waals surface area (Å²) < 4.78 is 0. The second-order valence-corrected chi connectivity index (χ2v) is 6.96. The topological polar surface area (TPSA) is 81.8 Å². The highest BCUT2D eigenvalue weighted by molar-refractivity contribution is 6.07. The Labute approximate surface area is 147 Å². The lowest BCUT2D eigenvalue weighted by Gasteiger charge is -2.25.